The smallest absolute Gasteiger partial charge is 0.278 e. The van der Waals surface area contributed by atoms with Crippen LogP contribution in [0.4, 0.5) is 0 Å². The van der Waals surface area contributed by atoms with Gasteiger partial charge in [-0.15, -0.1) is 0 Å². The molecule has 0 saturated carbocycles. The first-order chi connectivity index (χ1) is 12.9. The van der Waals surface area contributed by atoms with Crippen molar-refractivity contribution in [3.05, 3.63) is 51.7 Å². The third kappa shape index (κ3) is 4.83. The Labute approximate surface area is 158 Å². The molecule has 2 aliphatic rings. The lowest BCUT2D eigenvalue weighted by atomic mass is 9.97. The van der Waals surface area contributed by atoms with E-state index in [0.717, 1.165) is 12.0 Å². The average Bonchev–Trinajstić information content (AvgIpc) is 3.16. The Kier molecular flexibility index (Phi) is 5.42. The van der Waals surface area contributed by atoms with Crippen molar-refractivity contribution in [1.29, 1.82) is 5.26 Å². The minimum atomic E-state index is -0.648. The molecule has 3 rings (SSSR count). The second-order valence-corrected chi connectivity index (χ2v) is 7.47. The number of nitriles is 1. The average molecular weight is 369 g/mol. The normalized spacial score (nSPS) is 23.3. The number of nitrogens with zero attached hydrogens (tertiary/aromatic N) is 5. The fourth-order valence-corrected chi connectivity index (χ4v) is 3.55. The maximum Gasteiger partial charge on any atom is 0.278 e. The molecule has 0 aliphatic carbocycles. The Morgan fingerprint density at radius 3 is 2.74 bits per heavy atom. The van der Waals surface area contributed by atoms with Gasteiger partial charge >= 0.3 is 0 Å². The van der Waals surface area contributed by atoms with Crippen LogP contribution in [0.5, 0.6) is 0 Å². The highest BCUT2D eigenvalue weighted by atomic mass is 16.7. The summed E-state index contributed by atoms with van der Waals surface area (Å²) in [5.41, 5.74) is 1.37. The molecule has 2 aliphatic heterocycles. The molecule has 2 fully saturated rings. The monoisotopic (exact) mass is 369 g/mol. The number of hydrogen-bond acceptors (Lipinski definition) is 4. The highest BCUT2D eigenvalue weighted by Gasteiger charge is 2.36. The molecule has 1 atom stereocenters. The van der Waals surface area contributed by atoms with Gasteiger partial charge in [0.05, 0.1) is 23.8 Å². The largest absolute Gasteiger partial charge is 0.375 e. The summed E-state index contributed by atoms with van der Waals surface area (Å²) in [5, 5.41) is 22.8. The lowest BCUT2D eigenvalue weighted by Gasteiger charge is -2.22. The zero-order valence-corrected chi connectivity index (χ0v) is 15.5. The van der Waals surface area contributed by atoms with Gasteiger partial charge < -0.3 is 14.5 Å². The van der Waals surface area contributed by atoms with Gasteiger partial charge in [-0.1, -0.05) is 12.1 Å². The topological polar surface area (TPSA) is 95.0 Å². The van der Waals surface area contributed by atoms with E-state index in [4.69, 9.17) is 10.00 Å². The lowest BCUT2D eigenvalue weighted by Crippen LogP contribution is -2.35. The predicted octanol–water partition coefficient (Wildman–Crippen LogP) is 2.51. The fourth-order valence-electron chi connectivity index (χ4n) is 3.55. The van der Waals surface area contributed by atoms with E-state index in [0.29, 0.717) is 43.7 Å². The Hall–Kier alpha value is -2.92. The SMILES string of the molecule is CC1(C)CC(CN2CCN(C=Cc3ccc(C#N)cc3)C2=N[N+](=O)[O-])CO1. The van der Waals surface area contributed by atoms with Crippen LogP contribution < -0.4 is 0 Å². The molecule has 27 heavy (non-hydrogen) atoms. The summed E-state index contributed by atoms with van der Waals surface area (Å²) in [7, 11) is 0. The van der Waals surface area contributed by atoms with Crippen LogP contribution in [0.2, 0.25) is 0 Å². The first kappa shape index (κ1) is 18.9. The number of nitro groups is 1. The maximum atomic E-state index is 11.0. The standard InChI is InChI=1S/C19H23N5O3/c1-19(2)11-17(14-27-19)13-23-10-9-22(18(23)21-24(25)26)8-7-15-3-5-16(12-20)6-4-15/h3-8,17H,9-11,13-14H2,1-2H3. The summed E-state index contributed by atoms with van der Waals surface area (Å²) in [6.07, 6.45) is 4.59. The van der Waals surface area contributed by atoms with Gasteiger partial charge in [-0.05, 0) is 44.0 Å². The molecule has 0 bridgehead atoms. The number of benzene rings is 1. The summed E-state index contributed by atoms with van der Waals surface area (Å²) >= 11 is 0. The van der Waals surface area contributed by atoms with Crippen molar-refractivity contribution in [3.8, 4) is 6.07 Å². The third-order valence-electron chi connectivity index (χ3n) is 4.78. The van der Waals surface area contributed by atoms with Crippen molar-refractivity contribution in [2.45, 2.75) is 25.9 Å². The van der Waals surface area contributed by atoms with Crippen LogP contribution in [0, 0.1) is 27.4 Å². The number of rotatable bonds is 5. The first-order valence-corrected chi connectivity index (χ1v) is 8.93. The summed E-state index contributed by atoms with van der Waals surface area (Å²) in [5.74, 6) is 0.689. The second kappa shape index (κ2) is 7.76. The second-order valence-electron chi connectivity index (χ2n) is 7.47. The number of guanidine groups is 1. The van der Waals surface area contributed by atoms with Crippen LogP contribution in [0.25, 0.3) is 6.08 Å². The van der Waals surface area contributed by atoms with Crippen molar-refractivity contribution >= 4 is 12.0 Å². The molecule has 142 valence electrons. The Balaban J connectivity index is 1.70. The first-order valence-electron chi connectivity index (χ1n) is 8.93. The quantitative estimate of drug-likeness (QED) is 0.585. The molecule has 2 saturated heterocycles. The van der Waals surface area contributed by atoms with Crippen LogP contribution in [-0.4, -0.2) is 52.6 Å². The fraction of sp³-hybridized carbons (Fsp3) is 0.474. The predicted molar refractivity (Wildman–Crippen MR) is 101 cm³/mol. The van der Waals surface area contributed by atoms with Gasteiger partial charge in [-0.2, -0.15) is 5.26 Å². The van der Waals surface area contributed by atoms with Crippen LogP contribution >= 0.6 is 0 Å². The highest BCUT2D eigenvalue weighted by molar-refractivity contribution is 5.83. The van der Waals surface area contributed by atoms with Gasteiger partial charge in [0, 0.05) is 31.8 Å². The zero-order valence-electron chi connectivity index (χ0n) is 15.5. The minimum Gasteiger partial charge on any atom is -0.375 e. The van der Waals surface area contributed by atoms with Crippen molar-refractivity contribution < 1.29 is 9.77 Å². The van der Waals surface area contributed by atoms with Gasteiger partial charge in [0.2, 0.25) is 0 Å². The van der Waals surface area contributed by atoms with E-state index in [1.165, 1.54) is 0 Å². The summed E-state index contributed by atoms with van der Waals surface area (Å²) in [4.78, 5) is 14.8. The maximum absolute atomic E-state index is 11.0. The molecule has 1 aromatic carbocycles. The highest BCUT2D eigenvalue weighted by Crippen LogP contribution is 2.30. The number of hydrazone groups is 1. The van der Waals surface area contributed by atoms with Crippen molar-refractivity contribution in [2.24, 2.45) is 11.0 Å². The summed E-state index contributed by atoms with van der Waals surface area (Å²) in [6.45, 7) is 6.80. The van der Waals surface area contributed by atoms with Gasteiger partial charge in [-0.25, -0.2) is 10.1 Å². The van der Waals surface area contributed by atoms with Crippen LogP contribution in [-0.2, 0) is 4.74 Å². The van der Waals surface area contributed by atoms with Crippen LogP contribution in [0.15, 0.2) is 35.6 Å². The van der Waals surface area contributed by atoms with E-state index < -0.39 is 5.03 Å². The van der Waals surface area contributed by atoms with Crippen molar-refractivity contribution in [2.75, 3.05) is 26.2 Å². The molecule has 2 heterocycles. The number of ether oxygens (including phenoxy) is 1. The van der Waals surface area contributed by atoms with E-state index in [-0.39, 0.29) is 5.60 Å². The van der Waals surface area contributed by atoms with E-state index in [1.807, 2.05) is 23.1 Å². The molecule has 1 unspecified atom stereocenters. The van der Waals surface area contributed by atoms with Gasteiger partial charge in [0.25, 0.3) is 5.96 Å². The van der Waals surface area contributed by atoms with Gasteiger partial charge in [0.1, 0.15) is 5.10 Å². The van der Waals surface area contributed by atoms with Crippen molar-refractivity contribution in [1.82, 2.24) is 9.80 Å². The van der Waals surface area contributed by atoms with E-state index >= 15 is 0 Å². The Bertz CT molecular complexity index is 795. The van der Waals surface area contributed by atoms with E-state index in [9.17, 15) is 10.1 Å². The Morgan fingerprint density at radius 2 is 2.15 bits per heavy atom. The van der Waals surface area contributed by atoms with Gasteiger partial charge in [-0.3, -0.25) is 0 Å². The molecular formula is C19H23N5O3. The molecule has 0 aromatic heterocycles. The molecule has 8 heteroatoms. The molecule has 0 N–H and O–H groups in total. The minimum absolute atomic E-state index is 0.139. The Morgan fingerprint density at radius 1 is 1.41 bits per heavy atom. The molecule has 8 nitrogen and oxygen atoms in total. The van der Waals surface area contributed by atoms with Crippen LogP contribution in [0.3, 0.4) is 0 Å². The van der Waals surface area contributed by atoms with Crippen molar-refractivity contribution in [3.63, 3.8) is 0 Å². The molecular weight excluding hydrogens is 346 g/mol. The number of hydrogen-bond donors (Lipinski definition) is 0. The van der Waals surface area contributed by atoms with E-state index in [1.54, 1.807) is 23.2 Å². The van der Waals surface area contributed by atoms with E-state index in [2.05, 4.69) is 25.0 Å². The van der Waals surface area contributed by atoms with Gasteiger partial charge in [0.15, 0.2) is 5.03 Å². The van der Waals surface area contributed by atoms with Crippen LogP contribution in [0.1, 0.15) is 31.4 Å². The lowest BCUT2D eigenvalue weighted by molar-refractivity contribution is -0.486. The third-order valence-corrected chi connectivity index (χ3v) is 4.78. The molecule has 1 aromatic rings. The zero-order chi connectivity index (χ0) is 19.4. The molecule has 0 radical (unpaired) electrons. The molecule has 0 spiro atoms. The summed E-state index contributed by atoms with van der Waals surface area (Å²) < 4.78 is 5.78. The summed E-state index contributed by atoms with van der Waals surface area (Å²) in [6, 6.07) is 9.24. The molecule has 0 amide bonds.